The van der Waals surface area contributed by atoms with Crippen molar-refractivity contribution >= 4 is 22.6 Å². The lowest BCUT2D eigenvalue weighted by Crippen LogP contribution is -2.14. The summed E-state index contributed by atoms with van der Waals surface area (Å²) in [5.41, 5.74) is 11.0. The van der Waals surface area contributed by atoms with Crippen molar-refractivity contribution < 1.29 is 0 Å². The van der Waals surface area contributed by atoms with Gasteiger partial charge in [0.1, 0.15) is 5.15 Å². The van der Waals surface area contributed by atoms with Crippen molar-refractivity contribution in [1.29, 1.82) is 0 Å². The molecule has 5 nitrogen and oxygen atoms in total. The molecule has 21 heavy (non-hydrogen) atoms. The number of aromatic nitrogens is 4. The Kier molecular flexibility index (Phi) is 3.61. The molecule has 1 unspecified atom stereocenters. The standard InChI is InChI=1S/C15H16ClN5/c1-9-11(15(16)21(2)20-9)8-12(17)10-3-4-13-14(7-10)19-6-5-18-13/h3-7,12H,8,17H2,1-2H3. The lowest BCUT2D eigenvalue weighted by atomic mass is 9.99. The van der Waals surface area contributed by atoms with Gasteiger partial charge in [0.05, 0.1) is 16.7 Å². The third-order valence-electron chi connectivity index (χ3n) is 3.62. The van der Waals surface area contributed by atoms with Crippen LogP contribution in [0.2, 0.25) is 5.15 Å². The SMILES string of the molecule is Cc1nn(C)c(Cl)c1CC(N)c1ccc2nccnc2c1. The summed E-state index contributed by atoms with van der Waals surface area (Å²) >= 11 is 6.26. The van der Waals surface area contributed by atoms with E-state index >= 15 is 0 Å². The number of hydrogen-bond acceptors (Lipinski definition) is 4. The lowest BCUT2D eigenvalue weighted by Gasteiger charge is -2.12. The molecule has 108 valence electrons. The topological polar surface area (TPSA) is 69.6 Å². The molecule has 0 aliphatic heterocycles. The minimum absolute atomic E-state index is 0.156. The number of fused-ring (bicyclic) bond motifs is 1. The van der Waals surface area contributed by atoms with Crippen LogP contribution in [0.4, 0.5) is 0 Å². The quantitative estimate of drug-likeness (QED) is 0.807. The Balaban J connectivity index is 1.91. The van der Waals surface area contributed by atoms with Gasteiger partial charge in [-0.1, -0.05) is 17.7 Å². The summed E-state index contributed by atoms with van der Waals surface area (Å²) in [5.74, 6) is 0. The minimum Gasteiger partial charge on any atom is -0.324 e. The van der Waals surface area contributed by atoms with Crippen molar-refractivity contribution in [2.24, 2.45) is 12.8 Å². The van der Waals surface area contributed by atoms with Crippen molar-refractivity contribution in [2.75, 3.05) is 0 Å². The zero-order valence-corrected chi connectivity index (χ0v) is 12.7. The first kappa shape index (κ1) is 14.0. The fraction of sp³-hybridized carbons (Fsp3) is 0.267. The van der Waals surface area contributed by atoms with Crippen LogP contribution < -0.4 is 5.73 Å². The second kappa shape index (κ2) is 5.42. The van der Waals surface area contributed by atoms with Crippen LogP contribution in [0.15, 0.2) is 30.6 Å². The van der Waals surface area contributed by atoms with E-state index in [2.05, 4.69) is 15.1 Å². The summed E-state index contributed by atoms with van der Waals surface area (Å²) in [4.78, 5) is 8.57. The maximum Gasteiger partial charge on any atom is 0.130 e. The first-order valence-corrected chi connectivity index (χ1v) is 7.08. The summed E-state index contributed by atoms with van der Waals surface area (Å²) in [6, 6.07) is 5.75. The zero-order chi connectivity index (χ0) is 15.0. The maximum absolute atomic E-state index is 6.32. The van der Waals surface area contributed by atoms with Crippen LogP contribution in [0.1, 0.15) is 22.9 Å². The molecule has 2 N–H and O–H groups in total. The molecular weight excluding hydrogens is 286 g/mol. The van der Waals surface area contributed by atoms with E-state index in [1.807, 2.05) is 32.2 Å². The smallest absolute Gasteiger partial charge is 0.130 e. The second-order valence-corrected chi connectivity index (χ2v) is 5.45. The Morgan fingerprint density at radius 1 is 1.24 bits per heavy atom. The van der Waals surface area contributed by atoms with E-state index in [4.69, 9.17) is 17.3 Å². The first-order chi connectivity index (χ1) is 10.1. The first-order valence-electron chi connectivity index (χ1n) is 6.70. The van der Waals surface area contributed by atoms with Gasteiger partial charge in [0, 0.05) is 31.0 Å². The van der Waals surface area contributed by atoms with E-state index in [9.17, 15) is 0 Å². The highest BCUT2D eigenvalue weighted by atomic mass is 35.5. The van der Waals surface area contributed by atoms with E-state index in [1.165, 1.54) is 0 Å². The maximum atomic E-state index is 6.32. The Hall–Kier alpha value is -1.98. The predicted molar refractivity (Wildman–Crippen MR) is 83.1 cm³/mol. The molecule has 0 saturated heterocycles. The van der Waals surface area contributed by atoms with Gasteiger partial charge in [-0.3, -0.25) is 14.6 Å². The Labute approximate surface area is 127 Å². The molecule has 3 rings (SSSR count). The molecule has 0 radical (unpaired) electrons. The van der Waals surface area contributed by atoms with Gasteiger partial charge in [0.2, 0.25) is 0 Å². The van der Waals surface area contributed by atoms with E-state index in [1.54, 1.807) is 17.1 Å². The molecule has 2 heterocycles. The van der Waals surface area contributed by atoms with Gasteiger partial charge in [-0.15, -0.1) is 0 Å². The van der Waals surface area contributed by atoms with Crippen molar-refractivity contribution in [3.8, 4) is 0 Å². The third kappa shape index (κ3) is 2.62. The number of nitrogens with two attached hydrogens (primary N) is 1. The molecule has 0 aliphatic carbocycles. The van der Waals surface area contributed by atoms with Crippen LogP contribution in [0.3, 0.4) is 0 Å². The molecular formula is C15H16ClN5. The molecule has 1 atom stereocenters. The highest BCUT2D eigenvalue weighted by Gasteiger charge is 2.16. The molecule has 6 heteroatoms. The fourth-order valence-corrected chi connectivity index (χ4v) is 2.71. The number of aryl methyl sites for hydroxylation is 2. The van der Waals surface area contributed by atoms with Crippen LogP contribution >= 0.6 is 11.6 Å². The van der Waals surface area contributed by atoms with Crippen LogP contribution in [0, 0.1) is 6.92 Å². The largest absolute Gasteiger partial charge is 0.324 e. The van der Waals surface area contributed by atoms with Crippen LogP contribution in [-0.4, -0.2) is 19.7 Å². The minimum atomic E-state index is -0.156. The van der Waals surface area contributed by atoms with Crippen LogP contribution in [-0.2, 0) is 13.5 Å². The average Bonchev–Trinajstić information content (AvgIpc) is 2.73. The number of halogens is 1. The van der Waals surface area contributed by atoms with Gasteiger partial charge >= 0.3 is 0 Å². The van der Waals surface area contributed by atoms with Gasteiger partial charge in [-0.25, -0.2) is 0 Å². The summed E-state index contributed by atoms with van der Waals surface area (Å²) < 4.78 is 1.67. The summed E-state index contributed by atoms with van der Waals surface area (Å²) in [6.45, 7) is 1.94. The van der Waals surface area contributed by atoms with E-state index in [-0.39, 0.29) is 6.04 Å². The molecule has 0 amide bonds. The highest BCUT2D eigenvalue weighted by molar-refractivity contribution is 6.30. The molecule has 3 aromatic rings. The van der Waals surface area contributed by atoms with Gasteiger partial charge in [0.15, 0.2) is 0 Å². The molecule has 0 aliphatic rings. The van der Waals surface area contributed by atoms with Crippen molar-refractivity contribution in [2.45, 2.75) is 19.4 Å². The summed E-state index contributed by atoms with van der Waals surface area (Å²) in [5, 5.41) is 4.96. The molecule has 0 spiro atoms. The van der Waals surface area contributed by atoms with Crippen molar-refractivity contribution in [3.05, 3.63) is 52.6 Å². The van der Waals surface area contributed by atoms with E-state index in [0.717, 1.165) is 27.9 Å². The summed E-state index contributed by atoms with van der Waals surface area (Å²) in [6.07, 6.45) is 4.00. The Morgan fingerprint density at radius 2 is 1.95 bits per heavy atom. The van der Waals surface area contributed by atoms with Gasteiger partial charge in [-0.05, 0) is 31.0 Å². The molecule has 2 aromatic heterocycles. The van der Waals surface area contributed by atoms with Gasteiger partial charge in [-0.2, -0.15) is 5.10 Å². The number of benzene rings is 1. The number of rotatable bonds is 3. The second-order valence-electron chi connectivity index (χ2n) is 5.09. The van der Waals surface area contributed by atoms with E-state index < -0.39 is 0 Å². The van der Waals surface area contributed by atoms with Crippen molar-refractivity contribution in [1.82, 2.24) is 19.7 Å². The van der Waals surface area contributed by atoms with E-state index in [0.29, 0.717) is 11.6 Å². The Morgan fingerprint density at radius 3 is 2.62 bits per heavy atom. The van der Waals surface area contributed by atoms with Crippen molar-refractivity contribution in [3.63, 3.8) is 0 Å². The normalized spacial score (nSPS) is 12.8. The average molecular weight is 302 g/mol. The molecule has 0 fully saturated rings. The monoisotopic (exact) mass is 301 g/mol. The molecule has 0 saturated carbocycles. The molecule has 1 aromatic carbocycles. The Bertz CT molecular complexity index is 796. The molecule has 0 bridgehead atoms. The zero-order valence-electron chi connectivity index (χ0n) is 11.9. The third-order valence-corrected chi connectivity index (χ3v) is 4.09. The predicted octanol–water partition coefficient (Wildman–Crippen LogP) is 2.57. The highest BCUT2D eigenvalue weighted by Crippen LogP contribution is 2.25. The lowest BCUT2D eigenvalue weighted by molar-refractivity contribution is 0.719. The van der Waals surface area contributed by atoms with Gasteiger partial charge in [0.25, 0.3) is 0 Å². The van der Waals surface area contributed by atoms with Crippen LogP contribution in [0.5, 0.6) is 0 Å². The summed E-state index contributed by atoms with van der Waals surface area (Å²) in [7, 11) is 1.83. The fourth-order valence-electron chi connectivity index (χ4n) is 2.45. The van der Waals surface area contributed by atoms with Crippen LogP contribution in [0.25, 0.3) is 11.0 Å². The number of nitrogens with zero attached hydrogens (tertiary/aromatic N) is 4. The number of hydrogen-bond donors (Lipinski definition) is 1. The van der Waals surface area contributed by atoms with Gasteiger partial charge < -0.3 is 5.73 Å².